The number of rotatable bonds is 3. The summed E-state index contributed by atoms with van der Waals surface area (Å²) < 4.78 is 15.6. The van der Waals surface area contributed by atoms with Crippen molar-refractivity contribution in [1.29, 1.82) is 0 Å². The molecule has 6 heteroatoms. The van der Waals surface area contributed by atoms with Gasteiger partial charge < -0.3 is 9.47 Å². The molecule has 0 N–H and O–H groups in total. The Kier molecular flexibility index (Phi) is 3.99. The van der Waals surface area contributed by atoms with Crippen molar-refractivity contribution in [2.24, 2.45) is 7.05 Å². The Balaban J connectivity index is 2.19. The molecule has 1 aromatic heterocycles. The monoisotopic (exact) mass is 325 g/mol. The average Bonchev–Trinajstić information content (AvgIpc) is 2.77. The number of nitrogens with zero attached hydrogens (tertiary/aromatic N) is 3. The van der Waals surface area contributed by atoms with Crippen molar-refractivity contribution in [1.82, 2.24) is 14.5 Å². The van der Waals surface area contributed by atoms with Crippen molar-refractivity contribution in [2.45, 2.75) is 6.54 Å². The first kappa shape index (κ1) is 13.7. The van der Waals surface area contributed by atoms with Gasteiger partial charge in [-0.1, -0.05) is 0 Å². The van der Waals surface area contributed by atoms with E-state index in [0.717, 1.165) is 5.82 Å². The van der Waals surface area contributed by atoms with E-state index in [1.807, 2.05) is 17.8 Å². The van der Waals surface area contributed by atoms with E-state index in [1.54, 1.807) is 13.2 Å². The summed E-state index contributed by atoms with van der Waals surface area (Å²) in [5, 5.41) is 0. The molecule has 100 valence electrons. The molecule has 1 heterocycles. The van der Waals surface area contributed by atoms with E-state index in [4.69, 9.17) is 0 Å². The normalized spacial score (nSPS) is 10.5. The van der Waals surface area contributed by atoms with Crippen molar-refractivity contribution in [3.8, 4) is 0 Å². The third-order valence-electron chi connectivity index (χ3n) is 2.81. The molecule has 2 rings (SSSR count). The molecule has 0 aliphatic rings. The van der Waals surface area contributed by atoms with Crippen LogP contribution >= 0.6 is 15.9 Å². The van der Waals surface area contributed by atoms with Crippen molar-refractivity contribution < 1.29 is 9.18 Å². The zero-order valence-electron chi connectivity index (χ0n) is 10.6. The maximum atomic E-state index is 13.2. The van der Waals surface area contributed by atoms with Crippen molar-refractivity contribution in [3.05, 3.63) is 52.3 Å². The molecule has 1 amide bonds. The van der Waals surface area contributed by atoms with Gasteiger partial charge in [-0.25, -0.2) is 9.37 Å². The van der Waals surface area contributed by atoms with E-state index >= 15 is 0 Å². The molecule has 0 atom stereocenters. The second-order valence-corrected chi connectivity index (χ2v) is 5.09. The summed E-state index contributed by atoms with van der Waals surface area (Å²) >= 11 is 3.26. The smallest absolute Gasteiger partial charge is 0.255 e. The largest absolute Gasteiger partial charge is 0.337 e. The highest BCUT2D eigenvalue weighted by Crippen LogP contribution is 2.19. The molecule has 0 aliphatic heterocycles. The molecule has 0 radical (unpaired) electrons. The third kappa shape index (κ3) is 3.01. The fourth-order valence-corrected chi connectivity index (χ4v) is 2.12. The SMILES string of the molecule is CN(Cc1nccn1C)C(=O)c1cc(F)ccc1Br. The maximum Gasteiger partial charge on any atom is 0.255 e. The van der Waals surface area contributed by atoms with Crippen LogP contribution in [-0.4, -0.2) is 27.4 Å². The molecule has 19 heavy (non-hydrogen) atoms. The summed E-state index contributed by atoms with van der Waals surface area (Å²) in [6.07, 6.45) is 3.48. The van der Waals surface area contributed by atoms with E-state index in [0.29, 0.717) is 16.6 Å². The summed E-state index contributed by atoms with van der Waals surface area (Å²) in [7, 11) is 3.52. The molecule has 0 bridgehead atoms. The number of carbonyl (C=O) groups is 1. The minimum Gasteiger partial charge on any atom is -0.337 e. The van der Waals surface area contributed by atoms with E-state index in [9.17, 15) is 9.18 Å². The minimum atomic E-state index is -0.433. The number of imidazole rings is 1. The molecule has 0 spiro atoms. The Labute approximate surface area is 119 Å². The standard InChI is InChI=1S/C13H13BrFN3O/c1-17-6-5-16-12(17)8-18(2)13(19)10-7-9(15)3-4-11(10)14/h3-7H,8H2,1-2H3. The van der Waals surface area contributed by atoms with Crippen molar-refractivity contribution >= 4 is 21.8 Å². The van der Waals surface area contributed by atoms with Gasteiger partial charge in [0.05, 0.1) is 12.1 Å². The van der Waals surface area contributed by atoms with Crippen molar-refractivity contribution in [3.63, 3.8) is 0 Å². The fraction of sp³-hybridized carbons (Fsp3) is 0.231. The first-order valence-electron chi connectivity index (χ1n) is 5.65. The van der Waals surface area contributed by atoms with Crippen LogP contribution in [0, 0.1) is 5.82 Å². The fourth-order valence-electron chi connectivity index (χ4n) is 1.70. The molecular formula is C13H13BrFN3O. The number of aromatic nitrogens is 2. The van der Waals surface area contributed by atoms with Crippen molar-refractivity contribution in [2.75, 3.05) is 7.05 Å². The predicted molar refractivity (Wildman–Crippen MR) is 73.1 cm³/mol. The van der Waals surface area contributed by atoms with Gasteiger partial charge in [-0.3, -0.25) is 4.79 Å². The molecular weight excluding hydrogens is 313 g/mol. The van der Waals surface area contributed by atoms with Crippen LogP contribution in [0.4, 0.5) is 4.39 Å². The van der Waals surface area contributed by atoms with Crippen LogP contribution in [0.25, 0.3) is 0 Å². The maximum absolute atomic E-state index is 13.2. The minimum absolute atomic E-state index is 0.255. The lowest BCUT2D eigenvalue weighted by atomic mass is 10.2. The van der Waals surface area contributed by atoms with E-state index in [2.05, 4.69) is 20.9 Å². The Hall–Kier alpha value is -1.69. The number of halogens is 2. The number of aryl methyl sites for hydroxylation is 1. The van der Waals surface area contributed by atoms with Gasteiger partial charge >= 0.3 is 0 Å². The molecule has 1 aromatic carbocycles. The zero-order chi connectivity index (χ0) is 14.0. The second-order valence-electron chi connectivity index (χ2n) is 4.24. The third-order valence-corrected chi connectivity index (χ3v) is 3.50. The lowest BCUT2D eigenvalue weighted by Crippen LogP contribution is -2.27. The molecule has 0 saturated heterocycles. The van der Waals surface area contributed by atoms with Gasteiger partial charge in [-0.15, -0.1) is 0 Å². The van der Waals surface area contributed by atoms with Crippen LogP contribution in [0.5, 0.6) is 0 Å². The quantitative estimate of drug-likeness (QED) is 0.870. The van der Waals surface area contributed by atoms with Crippen LogP contribution in [-0.2, 0) is 13.6 Å². The van der Waals surface area contributed by atoms with Gasteiger partial charge in [0.2, 0.25) is 0 Å². The Morgan fingerprint density at radius 3 is 2.89 bits per heavy atom. The molecule has 4 nitrogen and oxygen atoms in total. The summed E-state index contributed by atoms with van der Waals surface area (Å²) in [5.74, 6) is 0.0784. The Bertz CT molecular complexity index is 612. The van der Waals surface area contributed by atoms with Gasteiger partial charge in [-0.2, -0.15) is 0 Å². The Morgan fingerprint density at radius 1 is 1.53 bits per heavy atom. The number of benzene rings is 1. The lowest BCUT2D eigenvalue weighted by Gasteiger charge is -2.17. The van der Waals surface area contributed by atoms with Crippen LogP contribution in [0.2, 0.25) is 0 Å². The number of amides is 1. The van der Waals surface area contributed by atoms with Crippen LogP contribution < -0.4 is 0 Å². The Morgan fingerprint density at radius 2 is 2.26 bits per heavy atom. The van der Waals surface area contributed by atoms with Gasteiger partial charge in [0.1, 0.15) is 11.6 Å². The van der Waals surface area contributed by atoms with Gasteiger partial charge in [-0.05, 0) is 34.1 Å². The van der Waals surface area contributed by atoms with Crippen LogP contribution in [0.15, 0.2) is 35.1 Å². The summed E-state index contributed by atoms with van der Waals surface area (Å²) in [6.45, 7) is 0.366. The first-order valence-corrected chi connectivity index (χ1v) is 6.45. The van der Waals surface area contributed by atoms with Gasteiger partial charge in [0, 0.05) is 31.0 Å². The molecule has 0 saturated carbocycles. The van der Waals surface area contributed by atoms with E-state index in [-0.39, 0.29) is 5.91 Å². The predicted octanol–water partition coefficient (Wildman–Crippen LogP) is 2.59. The molecule has 0 unspecified atom stereocenters. The number of hydrogen-bond donors (Lipinski definition) is 0. The zero-order valence-corrected chi connectivity index (χ0v) is 12.2. The molecule has 2 aromatic rings. The summed E-state index contributed by atoms with van der Waals surface area (Å²) in [4.78, 5) is 17.9. The van der Waals surface area contributed by atoms with Gasteiger partial charge in [0.15, 0.2) is 0 Å². The second kappa shape index (κ2) is 5.52. The number of hydrogen-bond acceptors (Lipinski definition) is 2. The van der Waals surface area contributed by atoms with Crippen LogP contribution in [0.1, 0.15) is 16.2 Å². The van der Waals surface area contributed by atoms with Gasteiger partial charge in [0.25, 0.3) is 5.91 Å². The highest BCUT2D eigenvalue weighted by molar-refractivity contribution is 9.10. The highest BCUT2D eigenvalue weighted by atomic mass is 79.9. The molecule has 0 aliphatic carbocycles. The van der Waals surface area contributed by atoms with Crippen LogP contribution in [0.3, 0.4) is 0 Å². The summed E-state index contributed by atoms with van der Waals surface area (Å²) in [5.41, 5.74) is 0.303. The summed E-state index contributed by atoms with van der Waals surface area (Å²) in [6, 6.07) is 4.05. The first-order chi connectivity index (χ1) is 8.99. The topological polar surface area (TPSA) is 38.1 Å². The average molecular weight is 326 g/mol. The molecule has 0 fully saturated rings. The highest BCUT2D eigenvalue weighted by Gasteiger charge is 2.17. The van der Waals surface area contributed by atoms with E-state index < -0.39 is 5.82 Å². The lowest BCUT2D eigenvalue weighted by molar-refractivity contribution is 0.0779. The number of carbonyl (C=O) groups excluding carboxylic acids is 1. The van der Waals surface area contributed by atoms with E-state index in [1.165, 1.54) is 23.1 Å².